The lowest BCUT2D eigenvalue weighted by Gasteiger charge is -2.16. The summed E-state index contributed by atoms with van der Waals surface area (Å²) >= 11 is 3.50. The lowest BCUT2D eigenvalue weighted by atomic mass is 9.96. The lowest BCUT2D eigenvalue weighted by molar-refractivity contribution is 0.437. The molecule has 2 aromatic rings. The average molecular weight is 264 g/mol. The van der Waals surface area contributed by atoms with Crippen molar-refractivity contribution >= 4 is 22.7 Å². The summed E-state index contributed by atoms with van der Waals surface area (Å²) in [4.78, 5) is 10.6. The number of aromatic nitrogens is 1. The zero-order chi connectivity index (χ0) is 11.5. The minimum atomic E-state index is 0.551. The molecule has 1 N–H and O–H groups in total. The molecule has 4 heteroatoms. The van der Waals surface area contributed by atoms with Crippen molar-refractivity contribution in [1.29, 1.82) is 0 Å². The number of rotatable bonds is 2. The van der Waals surface area contributed by atoms with Crippen molar-refractivity contribution in [3.63, 3.8) is 0 Å². The summed E-state index contributed by atoms with van der Waals surface area (Å²) in [6, 6.07) is 4.78. The van der Waals surface area contributed by atoms with E-state index in [2.05, 4.69) is 27.9 Å². The standard InChI is InChI=1S/C13H16N2S2/c1-2-5-10(6-3-1)14-13-15-11(9-17-13)12-7-4-8-16-12/h4,7-10H,1-3,5-6H2,(H,14,15). The molecule has 0 aromatic carbocycles. The first-order chi connectivity index (χ1) is 8.42. The van der Waals surface area contributed by atoms with Gasteiger partial charge in [-0.1, -0.05) is 25.3 Å². The van der Waals surface area contributed by atoms with Gasteiger partial charge in [0, 0.05) is 5.38 Å². The number of H-pyrrole nitrogens is 1. The van der Waals surface area contributed by atoms with Crippen molar-refractivity contribution < 1.29 is 0 Å². The maximum absolute atomic E-state index is 4.82. The van der Waals surface area contributed by atoms with E-state index in [1.807, 2.05) is 0 Å². The Hall–Kier alpha value is -0.870. The second kappa shape index (κ2) is 5.19. The molecule has 1 saturated carbocycles. The molecule has 17 heavy (non-hydrogen) atoms. The fourth-order valence-electron chi connectivity index (χ4n) is 2.28. The molecule has 0 unspecified atom stereocenters. The van der Waals surface area contributed by atoms with Crippen LogP contribution in [0.5, 0.6) is 0 Å². The second-order valence-electron chi connectivity index (χ2n) is 4.48. The highest BCUT2D eigenvalue weighted by atomic mass is 32.1. The van der Waals surface area contributed by atoms with Crippen molar-refractivity contribution in [3.05, 3.63) is 27.7 Å². The summed E-state index contributed by atoms with van der Waals surface area (Å²) in [5, 5.41) is 4.28. The molecule has 0 saturated heterocycles. The number of thiazole rings is 1. The van der Waals surface area contributed by atoms with Crippen molar-refractivity contribution in [2.45, 2.75) is 38.1 Å². The van der Waals surface area contributed by atoms with Crippen molar-refractivity contribution in [2.75, 3.05) is 0 Å². The molecule has 1 aliphatic carbocycles. The van der Waals surface area contributed by atoms with E-state index in [9.17, 15) is 0 Å². The Morgan fingerprint density at radius 1 is 1.18 bits per heavy atom. The molecule has 0 radical (unpaired) electrons. The first-order valence-electron chi connectivity index (χ1n) is 6.17. The van der Waals surface area contributed by atoms with Crippen LogP contribution in [-0.4, -0.2) is 11.0 Å². The zero-order valence-corrected chi connectivity index (χ0v) is 11.3. The summed E-state index contributed by atoms with van der Waals surface area (Å²) in [7, 11) is 0. The number of nitrogens with zero attached hydrogens (tertiary/aromatic N) is 1. The Morgan fingerprint density at radius 3 is 2.82 bits per heavy atom. The molecule has 90 valence electrons. The Kier molecular flexibility index (Phi) is 3.43. The smallest absolute Gasteiger partial charge is 0.182 e. The molecule has 1 fully saturated rings. The molecule has 2 nitrogen and oxygen atoms in total. The first kappa shape index (κ1) is 11.2. The molecular formula is C13H16N2S2. The van der Waals surface area contributed by atoms with Crippen LogP contribution in [0.15, 0.2) is 27.9 Å². The highest BCUT2D eigenvalue weighted by Crippen LogP contribution is 2.23. The molecule has 0 bridgehead atoms. The third-order valence-corrected chi connectivity index (χ3v) is 4.88. The number of nitrogens with one attached hydrogen (secondary N) is 1. The van der Waals surface area contributed by atoms with Gasteiger partial charge in [0.15, 0.2) is 4.80 Å². The number of hydrogen-bond donors (Lipinski definition) is 1. The van der Waals surface area contributed by atoms with E-state index in [0.29, 0.717) is 6.04 Å². The van der Waals surface area contributed by atoms with E-state index in [1.54, 1.807) is 22.7 Å². The molecular weight excluding hydrogens is 248 g/mol. The summed E-state index contributed by atoms with van der Waals surface area (Å²) in [5.74, 6) is 0. The number of aromatic amines is 1. The molecule has 3 rings (SSSR count). The van der Waals surface area contributed by atoms with Gasteiger partial charge in [0.05, 0.1) is 16.6 Å². The molecule has 2 aromatic heterocycles. The number of thiophene rings is 1. The van der Waals surface area contributed by atoms with Gasteiger partial charge < -0.3 is 4.98 Å². The normalized spacial score (nSPS) is 18.7. The van der Waals surface area contributed by atoms with Gasteiger partial charge in [0.25, 0.3) is 0 Å². The quantitative estimate of drug-likeness (QED) is 0.848. The lowest BCUT2D eigenvalue weighted by Crippen LogP contribution is -2.14. The Labute approximate surface area is 109 Å². The van der Waals surface area contributed by atoms with E-state index in [4.69, 9.17) is 4.99 Å². The Bertz CT molecular complexity index is 516. The fraction of sp³-hybridized carbons (Fsp3) is 0.462. The van der Waals surface area contributed by atoms with Gasteiger partial charge in [0.1, 0.15) is 0 Å². The van der Waals surface area contributed by atoms with Gasteiger partial charge in [-0.2, -0.15) is 0 Å². The monoisotopic (exact) mass is 264 g/mol. The number of hydrogen-bond acceptors (Lipinski definition) is 3. The Morgan fingerprint density at radius 2 is 2.06 bits per heavy atom. The van der Waals surface area contributed by atoms with Gasteiger partial charge >= 0.3 is 0 Å². The fourth-order valence-corrected chi connectivity index (χ4v) is 3.85. The molecule has 0 atom stereocenters. The van der Waals surface area contributed by atoms with E-state index in [0.717, 1.165) is 4.80 Å². The molecule has 0 aliphatic heterocycles. The van der Waals surface area contributed by atoms with Gasteiger partial charge in [0.2, 0.25) is 0 Å². The van der Waals surface area contributed by atoms with Crippen LogP contribution in [0.2, 0.25) is 0 Å². The second-order valence-corrected chi connectivity index (χ2v) is 6.28. The van der Waals surface area contributed by atoms with Crippen LogP contribution in [0.1, 0.15) is 32.1 Å². The van der Waals surface area contributed by atoms with Crippen LogP contribution in [-0.2, 0) is 0 Å². The van der Waals surface area contributed by atoms with Crippen LogP contribution < -0.4 is 4.80 Å². The molecule has 1 aliphatic rings. The molecule has 0 amide bonds. The van der Waals surface area contributed by atoms with Crippen molar-refractivity contribution in [1.82, 2.24) is 4.98 Å². The minimum absolute atomic E-state index is 0.551. The Balaban J connectivity index is 1.82. The van der Waals surface area contributed by atoms with Crippen LogP contribution in [0.4, 0.5) is 0 Å². The topological polar surface area (TPSA) is 28.1 Å². The maximum atomic E-state index is 4.82. The zero-order valence-electron chi connectivity index (χ0n) is 9.69. The predicted octanol–water partition coefficient (Wildman–Crippen LogP) is 4.04. The van der Waals surface area contributed by atoms with Gasteiger partial charge in [-0.3, -0.25) is 4.99 Å². The first-order valence-corrected chi connectivity index (χ1v) is 7.93. The van der Waals surface area contributed by atoms with E-state index >= 15 is 0 Å². The minimum Gasteiger partial charge on any atom is -0.330 e. The van der Waals surface area contributed by atoms with E-state index < -0.39 is 0 Å². The van der Waals surface area contributed by atoms with Gasteiger partial charge in [-0.25, -0.2) is 0 Å². The van der Waals surface area contributed by atoms with Gasteiger partial charge in [-0.15, -0.1) is 22.7 Å². The van der Waals surface area contributed by atoms with Crippen molar-refractivity contribution in [2.24, 2.45) is 4.99 Å². The maximum Gasteiger partial charge on any atom is 0.182 e. The van der Waals surface area contributed by atoms with E-state index in [-0.39, 0.29) is 0 Å². The summed E-state index contributed by atoms with van der Waals surface area (Å²) in [6.45, 7) is 0. The average Bonchev–Trinajstić information content (AvgIpc) is 3.00. The molecule has 2 heterocycles. The molecule has 0 spiro atoms. The summed E-state index contributed by atoms with van der Waals surface area (Å²) < 4.78 is 0. The highest BCUT2D eigenvalue weighted by Gasteiger charge is 2.11. The predicted molar refractivity (Wildman–Crippen MR) is 74.4 cm³/mol. The van der Waals surface area contributed by atoms with Crippen LogP contribution in [0.25, 0.3) is 10.6 Å². The van der Waals surface area contributed by atoms with Crippen LogP contribution in [0.3, 0.4) is 0 Å². The van der Waals surface area contributed by atoms with Crippen molar-refractivity contribution in [3.8, 4) is 10.6 Å². The third-order valence-electron chi connectivity index (χ3n) is 3.19. The highest BCUT2D eigenvalue weighted by molar-refractivity contribution is 7.14. The third kappa shape index (κ3) is 2.69. The van der Waals surface area contributed by atoms with Gasteiger partial charge in [-0.05, 0) is 24.3 Å². The van der Waals surface area contributed by atoms with Crippen LogP contribution in [0, 0.1) is 0 Å². The summed E-state index contributed by atoms with van der Waals surface area (Å²) in [6.07, 6.45) is 6.61. The SMILES string of the molecule is c1csc(-c2cs/c(=N\C3CCCCC3)[nH]2)c1. The largest absolute Gasteiger partial charge is 0.330 e. The van der Waals surface area contributed by atoms with E-state index in [1.165, 1.54) is 42.7 Å². The summed E-state index contributed by atoms with van der Waals surface area (Å²) in [5.41, 5.74) is 1.21. The van der Waals surface area contributed by atoms with Crippen LogP contribution >= 0.6 is 22.7 Å².